The molecule has 2 heterocycles. The molecule has 2 aromatic rings. The highest BCUT2D eigenvalue weighted by atomic mass is 16.6. The molecule has 0 aliphatic carbocycles. The molecule has 2 aliphatic heterocycles. The summed E-state index contributed by atoms with van der Waals surface area (Å²) in [5.41, 5.74) is 1.92. The molecule has 1 fully saturated rings. The number of carbonyl (C=O) groups is 2. The third kappa shape index (κ3) is 4.19. The Kier molecular flexibility index (Phi) is 5.32. The molecule has 2 N–H and O–H groups in total. The fourth-order valence-corrected chi connectivity index (χ4v) is 3.46. The van der Waals surface area contributed by atoms with Crippen molar-refractivity contribution in [2.45, 2.75) is 18.9 Å². The number of carbonyl (C=O) groups excluding carboxylic acids is 2. The van der Waals surface area contributed by atoms with Gasteiger partial charge in [0.2, 0.25) is 5.91 Å². The summed E-state index contributed by atoms with van der Waals surface area (Å²) in [5, 5.41) is 5.74. The van der Waals surface area contributed by atoms with Gasteiger partial charge in [0.25, 0.3) is 0 Å². The Bertz CT molecular complexity index is 856. The molecule has 1 atom stereocenters. The van der Waals surface area contributed by atoms with E-state index in [1.807, 2.05) is 48.5 Å². The lowest BCUT2D eigenvalue weighted by Gasteiger charge is -2.22. The Labute approximate surface area is 163 Å². The SMILES string of the molecule is O=C(NCCc1ccccc1)N[C@H]1CC(=O)N(c2ccc3c(c2)OCCO3)C1. The van der Waals surface area contributed by atoms with Crippen molar-refractivity contribution in [3.8, 4) is 11.5 Å². The molecule has 0 unspecified atom stereocenters. The van der Waals surface area contributed by atoms with E-state index < -0.39 is 0 Å². The Balaban J connectivity index is 1.29. The molecule has 1 saturated heterocycles. The van der Waals surface area contributed by atoms with E-state index >= 15 is 0 Å². The van der Waals surface area contributed by atoms with E-state index in [9.17, 15) is 9.59 Å². The molecule has 7 nitrogen and oxygen atoms in total. The summed E-state index contributed by atoms with van der Waals surface area (Å²) in [7, 11) is 0. The molecule has 0 saturated carbocycles. The van der Waals surface area contributed by atoms with E-state index in [1.165, 1.54) is 5.56 Å². The molecule has 3 amide bonds. The fourth-order valence-electron chi connectivity index (χ4n) is 3.46. The van der Waals surface area contributed by atoms with Crippen molar-refractivity contribution in [3.63, 3.8) is 0 Å². The summed E-state index contributed by atoms with van der Waals surface area (Å²) in [4.78, 5) is 26.2. The number of hydrogen-bond donors (Lipinski definition) is 2. The van der Waals surface area contributed by atoms with Crippen LogP contribution in [0.15, 0.2) is 48.5 Å². The molecule has 0 spiro atoms. The summed E-state index contributed by atoms with van der Waals surface area (Å²) in [6.07, 6.45) is 1.04. The number of rotatable bonds is 5. The van der Waals surface area contributed by atoms with Gasteiger partial charge in [0.1, 0.15) is 13.2 Å². The van der Waals surface area contributed by atoms with Gasteiger partial charge in [-0.05, 0) is 24.1 Å². The van der Waals surface area contributed by atoms with Gasteiger partial charge in [-0.2, -0.15) is 0 Å². The van der Waals surface area contributed by atoms with Gasteiger partial charge in [-0.1, -0.05) is 30.3 Å². The lowest BCUT2D eigenvalue weighted by atomic mass is 10.1. The van der Waals surface area contributed by atoms with Gasteiger partial charge in [0, 0.05) is 31.3 Å². The van der Waals surface area contributed by atoms with Crippen LogP contribution in [0.2, 0.25) is 0 Å². The number of benzene rings is 2. The van der Waals surface area contributed by atoms with Crippen molar-refractivity contribution in [1.29, 1.82) is 0 Å². The van der Waals surface area contributed by atoms with Gasteiger partial charge >= 0.3 is 6.03 Å². The van der Waals surface area contributed by atoms with Crippen molar-refractivity contribution in [3.05, 3.63) is 54.1 Å². The first-order valence-electron chi connectivity index (χ1n) is 9.47. The van der Waals surface area contributed by atoms with E-state index in [-0.39, 0.29) is 24.4 Å². The van der Waals surface area contributed by atoms with Gasteiger partial charge < -0.3 is 25.0 Å². The molecular formula is C21H23N3O4. The lowest BCUT2D eigenvalue weighted by Crippen LogP contribution is -2.43. The first-order valence-corrected chi connectivity index (χ1v) is 9.47. The molecule has 28 heavy (non-hydrogen) atoms. The Morgan fingerprint density at radius 2 is 1.86 bits per heavy atom. The summed E-state index contributed by atoms with van der Waals surface area (Å²) in [6.45, 7) is 2.01. The molecule has 0 radical (unpaired) electrons. The summed E-state index contributed by atoms with van der Waals surface area (Å²) < 4.78 is 11.1. The Morgan fingerprint density at radius 1 is 1.07 bits per heavy atom. The van der Waals surface area contributed by atoms with Crippen molar-refractivity contribution in [2.24, 2.45) is 0 Å². The highest BCUT2D eigenvalue weighted by molar-refractivity contribution is 5.97. The predicted octanol–water partition coefficient (Wildman–Crippen LogP) is 2.10. The van der Waals surface area contributed by atoms with Crippen molar-refractivity contribution < 1.29 is 19.1 Å². The summed E-state index contributed by atoms with van der Waals surface area (Å²) >= 11 is 0. The molecule has 2 aromatic carbocycles. The predicted molar refractivity (Wildman–Crippen MR) is 105 cm³/mol. The maximum absolute atomic E-state index is 12.4. The number of ether oxygens (including phenoxy) is 2. The molecular weight excluding hydrogens is 358 g/mol. The van der Waals surface area contributed by atoms with Crippen LogP contribution in [-0.2, 0) is 11.2 Å². The van der Waals surface area contributed by atoms with Crippen LogP contribution in [0.4, 0.5) is 10.5 Å². The number of nitrogens with zero attached hydrogens (tertiary/aromatic N) is 1. The highest BCUT2D eigenvalue weighted by Gasteiger charge is 2.32. The minimum Gasteiger partial charge on any atom is -0.486 e. The molecule has 2 aliphatic rings. The largest absolute Gasteiger partial charge is 0.486 e. The van der Waals surface area contributed by atoms with E-state index in [0.717, 1.165) is 12.1 Å². The number of anilines is 1. The zero-order valence-corrected chi connectivity index (χ0v) is 15.5. The quantitative estimate of drug-likeness (QED) is 0.831. The average molecular weight is 381 g/mol. The number of hydrogen-bond acceptors (Lipinski definition) is 4. The van der Waals surface area contributed by atoms with Crippen LogP contribution in [0.25, 0.3) is 0 Å². The van der Waals surface area contributed by atoms with Crippen molar-refractivity contribution in [1.82, 2.24) is 10.6 Å². The first-order chi connectivity index (χ1) is 13.7. The van der Waals surface area contributed by atoms with Gasteiger partial charge in [-0.15, -0.1) is 0 Å². The smallest absolute Gasteiger partial charge is 0.315 e. The zero-order valence-electron chi connectivity index (χ0n) is 15.5. The minimum atomic E-state index is -0.252. The number of nitrogens with one attached hydrogen (secondary N) is 2. The van der Waals surface area contributed by atoms with Crippen LogP contribution >= 0.6 is 0 Å². The number of fused-ring (bicyclic) bond motifs is 1. The minimum absolute atomic E-state index is 0.0220. The third-order valence-corrected chi connectivity index (χ3v) is 4.84. The van der Waals surface area contributed by atoms with Crippen LogP contribution in [0.5, 0.6) is 11.5 Å². The summed E-state index contributed by atoms with van der Waals surface area (Å²) in [5.74, 6) is 1.31. The third-order valence-electron chi connectivity index (χ3n) is 4.84. The van der Waals surface area contributed by atoms with E-state index in [4.69, 9.17) is 9.47 Å². The summed E-state index contributed by atoms with van der Waals surface area (Å²) in [6, 6.07) is 15.0. The van der Waals surface area contributed by atoms with E-state index in [0.29, 0.717) is 37.8 Å². The monoisotopic (exact) mass is 381 g/mol. The second-order valence-corrected chi connectivity index (χ2v) is 6.87. The highest BCUT2D eigenvalue weighted by Crippen LogP contribution is 2.35. The maximum Gasteiger partial charge on any atom is 0.315 e. The molecule has 4 rings (SSSR count). The van der Waals surface area contributed by atoms with Crippen LogP contribution in [0.3, 0.4) is 0 Å². The van der Waals surface area contributed by atoms with Gasteiger partial charge in [0.05, 0.1) is 6.04 Å². The molecule has 146 valence electrons. The van der Waals surface area contributed by atoms with Crippen molar-refractivity contribution in [2.75, 3.05) is 31.2 Å². The van der Waals surface area contributed by atoms with Gasteiger partial charge in [-0.25, -0.2) is 4.79 Å². The van der Waals surface area contributed by atoms with Crippen LogP contribution in [0.1, 0.15) is 12.0 Å². The van der Waals surface area contributed by atoms with Crippen LogP contribution in [-0.4, -0.2) is 44.3 Å². The Hall–Kier alpha value is -3.22. The van der Waals surface area contributed by atoms with Crippen LogP contribution < -0.4 is 25.0 Å². The molecule has 0 aromatic heterocycles. The second-order valence-electron chi connectivity index (χ2n) is 6.87. The lowest BCUT2D eigenvalue weighted by molar-refractivity contribution is -0.117. The van der Waals surface area contributed by atoms with Gasteiger partial charge in [0.15, 0.2) is 11.5 Å². The number of urea groups is 1. The topological polar surface area (TPSA) is 79.9 Å². The standard InChI is InChI=1S/C21H23N3O4/c25-20-12-16(23-21(26)22-9-8-15-4-2-1-3-5-15)14-24(20)17-6-7-18-19(13-17)28-11-10-27-18/h1-7,13,16H,8-12,14H2,(H2,22,23,26)/t16-/m0/s1. The Morgan fingerprint density at radius 3 is 2.68 bits per heavy atom. The van der Waals surface area contributed by atoms with E-state index in [2.05, 4.69) is 10.6 Å². The van der Waals surface area contributed by atoms with Crippen molar-refractivity contribution >= 4 is 17.6 Å². The molecule has 0 bridgehead atoms. The van der Waals surface area contributed by atoms with E-state index in [1.54, 1.807) is 4.90 Å². The molecule has 7 heteroatoms. The second kappa shape index (κ2) is 8.21. The average Bonchev–Trinajstić information content (AvgIpc) is 3.08. The maximum atomic E-state index is 12.4. The normalized spacial score (nSPS) is 18.1. The van der Waals surface area contributed by atoms with Crippen LogP contribution in [0, 0.1) is 0 Å². The van der Waals surface area contributed by atoms with Gasteiger partial charge in [-0.3, -0.25) is 4.79 Å². The number of amides is 3. The zero-order chi connectivity index (χ0) is 19.3. The fraction of sp³-hybridized carbons (Fsp3) is 0.333. The first kappa shape index (κ1) is 18.2.